The Kier molecular flexibility index (Phi) is 5.45. The topological polar surface area (TPSA) is 3.24 Å². The summed E-state index contributed by atoms with van der Waals surface area (Å²) in [6.07, 6.45) is 0. The van der Waals surface area contributed by atoms with Gasteiger partial charge in [-0.2, -0.15) is 0 Å². The normalized spacial score (nSPS) is 15.0. The first kappa shape index (κ1) is 25.3. The second-order valence-corrected chi connectivity index (χ2v) is 13.7. The second kappa shape index (κ2) is 9.05. The molecule has 1 aromatic heterocycles. The van der Waals surface area contributed by atoms with E-state index in [-0.39, 0.29) is 10.8 Å². The largest absolute Gasteiger partial charge is 0.310 e. The molecule has 1 nitrogen and oxygen atoms in total. The van der Waals surface area contributed by atoms with E-state index in [1.807, 2.05) is 11.3 Å². The van der Waals surface area contributed by atoms with Crippen LogP contribution in [0.2, 0.25) is 0 Å². The lowest BCUT2D eigenvalue weighted by atomic mass is 9.54. The number of rotatable bonds is 3. The number of fused-ring (bicyclic) bond motifs is 8. The van der Waals surface area contributed by atoms with Gasteiger partial charge in [-0.3, -0.25) is 0 Å². The quantitative estimate of drug-likeness (QED) is 0.208. The van der Waals surface area contributed by atoms with Gasteiger partial charge in [-0.05, 0) is 93.0 Å². The van der Waals surface area contributed by atoms with Crippen molar-refractivity contribution in [3.05, 3.63) is 139 Å². The lowest BCUT2D eigenvalue weighted by Gasteiger charge is -2.49. The van der Waals surface area contributed by atoms with Gasteiger partial charge < -0.3 is 4.90 Å². The number of hydrogen-bond acceptors (Lipinski definition) is 2. The minimum Gasteiger partial charge on any atom is -0.310 e. The molecule has 204 valence electrons. The molecule has 8 rings (SSSR count). The van der Waals surface area contributed by atoms with E-state index in [1.165, 1.54) is 58.9 Å². The lowest BCUT2D eigenvalue weighted by molar-refractivity contribution is 0.301. The van der Waals surface area contributed by atoms with Gasteiger partial charge in [0, 0.05) is 42.6 Å². The molecule has 0 atom stereocenters. The van der Waals surface area contributed by atoms with Crippen molar-refractivity contribution in [3.8, 4) is 11.1 Å². The maximum absolute atomic E-state index is 2.50. The molecule has 0 spiro atoms. The van der Waals surface area contributed by atoms with E-state index in [2.05, 4.69) is 160 Å². The van der Waals surface area contributed by atoms with Crippen molar-refractivity contribution in [1.82, 2.24) is 0 Å². The molecule has 0 unspecified atom stereocenters. The Hall–Kier alpha value is -4.40. The molecule has 1 heterocycles. The third-order valence-corrected chi connectivity index (χ3v) is 11.1. The molecule has 1 aliphatic rings. The van der Waals surface area contributed by atoms with Crippen LogP contribution in [0.5, 0.6) is 0 Å². The van der Waals surface area contributed by atoms with Gasteiger partial charge in [-0.25, -0.2) is 0 Å². The Morgan fingerprint density at radius 2 is 1.12 bits per heavy atom. The first-order chi connectivity index (χ1) is 20.3. The third kappa shape index (κ3) is 3.55. The van der Waals surface area contributed by atoms with E-state index in [4.69, 9.17) is 0 Å². The van der Waals surface area contributed by atoms with Gasteiger partial charge in [-0.1, -0.05) is 100 Å². The molecule has 42 heavy (non-hydrogen) atoms. The van der Waals surface area contributed by atoms with Gasteiger partial charge in [-0.15, -0.1) is 11.3 Å². The minimum atomic E-state index is -0.0353. The van der Waals surface area contributed by atoms with Crippen molar-refractivity contribution in [3.63, 3.8) is 0 Å². The lowest BCUT2D eigenvalue weighted by Crippen LogP contribution is -2.43. The van der Waals surface area contributed by atoms with Crippen LogP contribution in [0.4, 0.5) is 17.1 Å². The van der Waals surface area contributed by atoms with E-state index >= 15 is 0 Å². The highest BCUT2D eigenvalue weighted by Gasteiger charge is 2.46. The molecule has 0 saturated heterocycles. The molecule has 0 aliphatic heterocycles. The Balaban J connectivity index is 1.39. The molecular weight excluding hydrogens is 527 g/mol. The number of thiophene rings is 1. The highest BCUT2D eigenvalue weighted by atomic mass is 32.1. The Morgan fingerprint density at radius 3 is 1.83 bits per heavy atom. The molecule has 7 aromatic rings. The van der Waals surface area contributed by atoms with E-state index < -0.39 is 0 Å². The second-order valence-electron chi connectivity index (χ2n) is 12.6. The van der Waals surface area contributed by atoms with Gasteiger partial charge in [0.2, 0.25) is 0 Å². The van der Waals surface area contributed by atoms with Crippen LogP contribution in [-0.4, -0.2) is 0 Å². The zero-order chi connectivity index (χ0) is 28.6. The molecule has 0 amide bonds. The number of hydrogen-bond donors (Lipinski definition) is 0. The van der Waals surface area contributed by atoms with Crippen molar-refractivity contribution in [2.75, 3.05) is 4.90 Å². The number of anilines is 3. The van der Waals surface area contributed by atoms with E-state index in [0.29, 0.717) is 0 Å². The number of benzene rings is 6. The van der Waals surface area contributed by atoms with Crippen LogP contribution in [0.1, 0.15) is 38.8 Å². The van der Waals surface area contributed by atoms with Crippen molar-refractivity contribution in [2.45, 2.75) is 38.5 Å². The van der Waals surface area contributed by atoms with Crippen LogP contribution >= 0.6 is 11.3 Å². The fourth-order valence-corrected chi connectivity index (χ4v) is 8.22. The summed E-state index contributed by atoms with van der Waals surface area (Å²) >= 11 is 1.91. The number of nitrogens with zero attached hydrogens (tertiary/aromatic N) is 1. The maximum atomic E-state index is 2.50. The molecule has 0 saturated carbocycles. The average Bonchev–Trinajstić information content (AvgIpc) is 3.37. The summed E-state index contributed by atoms with van der Waals surface area (Å²) < 4.78 is 2.69. The predicted octanol–water partition coefficient (Wildman–Crippen LogP) is 11.9. The zero-order valence-electron chi connectivity index (χ0n) is 24.5. The highest BCUT2D eigenvalue weighted by molar-refractivity contribution is 7.25. The maximum Gasteiger partial charge on any atom is 0.0468 e. The monoisotopic (exact) mass is 559 g/mol. The zero-order valence-corrected chi connectivity index (χ0v) is 25.3. The summed E-state index contributed by atoms with van der Waals surface area (Å²) in [6.45, 7) is 9.74. The van der Waals surface area contributed by atoms with E-state index in [9.17, 15) is 0 Å². The summed E-state index contributed by atoms with van der Waals surface area (Å²) in [5, 5.41) is 5.35. The van der Waals surface area contributed by atoms with Crippen LogP contribution in [0.3, 0.4) is 0 Å². The standard InChI is InChI=1S/C40H33NS/c1-39(2)35-25-37-34(24-32(35)31-21-19-26-13-11-12-18-30(26)38(31)40(39,3)4)33-23-29(20-22-36(33)42-37)41(27-14-7-5-8-15-27)28-16-9-6-10-17-28/h5-25H,1-4H3. The average molecular weight is 560 g/mol. The summed E-state index contributed by atoms with van der Waals surface area (Å²) in [7, 11) is 0. The number of para-hydroxylation sites is 2. The molecule has 0 fully saturated rings. The van der Waals surface area contributed by atoms with Crippen molar-refractivity contribution in [2.24, 2.45) is 0 Å². The summed E-state index contributed by atoms with van der Waals surface area (Å²) in [5.74, 6) is 0. The van der Waals surface area contributed by atoms with Crippen molar-refractivity contribution in [1.29, 1.82) is 0 Å². The van der Waals surface area contributed by atoms with Crippen LogP contribution in [0.15, 0.2) is 127 Å². The van der Waals surface area contributed by atoms with E-state index in [1.54, 1.807) is 0 Å². The summed E-state index contributed by atoms with van der Waals surface area (Å²) in [6, 6.07) is 46.9. The van der Waals surface area contributed by atoms with Gasteiger partial charge in [0.05, 0.1) is 0 Å². The highest BCUT2D eigenvalue weighted by Crippen LogP contribution is 2.57. The Bertz CT molecular complexity index is 2090. The fourth-order valence-electron chi connectivity index (χ4n) is 7.11. The van der Waals surface area contributed by atoms with Gasteiger partial charge in [0.1, 0.15) is 0 Å². The molecule has 1 aliphatic carbocycles. The summed E-state index contributed by atoms with van der Waals surface area (Å²) in [4.78, 5) is 2.36. The smallest absolute Gasteiger partial charge is 0.0468 e. The van der Waals surface area contributed by atoms with Crippen LogP contribution in [-0.2, 0) is 10.8 Å². The Morgan fingerprint density at radius 1 is 0.476 bits per heavy atom. The first-order valence-corrected chi connectivity index (χ1v) is 15.6. The molecule has 0 radical (unpaired) electrons. The van der Waals surface area contributed by atoms with Crippen LogP contribution in [0, 0.1) is 0 Å². The van der Waals surface area contributed by atoms with Crippen molar-refractivity contribution < 1.29 is 0 Å². The van der Waals surface area contributed by atoms with Gasteiger partial charge in [0.15, 0.2) is 0 Å². The SMILES string of the molecule is CC1(C)c2cc3sc4ccc(N(c5ccccc5)c5ccccc5)cc4c3cc2-c2ccc3ccccc3c2C1(C)C. The van der Waals surface area contributed by atoms with Crippen LogP contribution in [0.25, 0.3) is 42.1 Å². The van der Waals surface area contributed by atoms with Crippen molar-refractivity contribution >= 4 is 59.3 Å². The molecular formula is C40H33NS. The van der Waals surface area contributed by atoms with Crippen LogP contribution < -0.4 is 4.90 Å². The first-order valence-electron chi connectivity index (χ1n) is 14.8. The molecule has 6 aromatic carbocycles. The Labute approximate surface area is 251 Å². The minimum absolute atomic E-state index is 0.0282. The molecule has 0 N–H and O–H groups in total. The van der Waals surface area contributed by atoms with Gasteiger partial charge in [0.25, 0.3) is 0 Å². The molecule has 2 heteroatoms. The molecule has 0 bridgehead atoms. The predicted molar refractivity (Wildman–Crippen MR) is 183 cm³/mol. The van der Waals surface area contributed by atoms with E-state index in [0.717, 1.165) is 11.4 Å². The third-order valence-electron chi connectivity index (χ3n) is 9.96. The summed E-state index contributed by atoms with van der Waals surface area (Å²) in [5.41, 5.74) is 9.09. The fraction of sp³-hybridized carbons (Fsp3) is 0.150. The van der Waals surface area contributed by atoms with Gasteiger partial charge >= 0.3 is 0 Å².